The van der Waals surface area contributed by atoms with Gasteiger partial charge >= 0.3 is 0 Å². The molecule has 0 aromatic carbocycles. The number of alkyl halides is 1. The maximum atomic E-state index is 12.3. The Labute approximate surface area is 73.7 Å². The van der Waals surface area contributed by atoms with Gasteiger partial charge in [-0.25, -0.2) is 4.39 Å². The van der Waals surface area contributed by atoms with Crippen molar-refractivity contribution in [3.8, 4) is 0 Å². The first kappa shape index (κ1) is 9.93. The quantitative estimate of drug-likeness (QED) is 0.598. The van der Waals surface area contributed by atoms with Gasteiger partial charge in [-0.05, 0) is 20.8 Å². The van der Waals surface area contributed by atoms with E-state index in [0.717, 1.165) is 13.1 Å². The van der Waals surface area contributed by atoms with E-state index in [0.29, 0.717) is 6.61 Å². The van der Waals surface area contributed by atoms with Crippen LogP contribution in [0.25, 0.3) is 0 Å². The number of hydrogen-bond acceptors (Lipinski definition) is 2. The fourth-order valence-electron chi connectivity index (χ4n) is 1.42. The highest BCUT2D eigenvalue weighted by Crippen LogP contribution is 2.17. The summed E-state index contributed by atoms with van der Waals surface area (Å²) in [7, 11) is 0. The van der Waals surface area contributed by atoms with Gasteiger partial charge in [0.25, 0.3) is 0 Å². The Hall–Kier alpha value is -0.150. The van der Waals surface area contributed by atoms with Gasteiger partial charge in [-0.1, -0.05) is 0 Å². The van der Waals surface area contributed by atoms with Gasteiger partial charge in [0.1, 0.15) is 6.67 Å². The number of nitrogens with zero attached hydrogens (tertiary/aromatic N) is 1. The second-order valence-corrected chi connectivity index (χ2v) is 4.26. The molecule has 0 aliphatic carbocycles. The number of ether oxygens (including phenoxy) is 1. The monoisotopic (exact) mass is 175 g/mol. The highest BCUT2D eigenvalue weighted by Gasteiger charge is 2.27. The van der Waals surface area contributed by atoms with Crippen LogP contribution in [0.3, 0.4) is 0 Å². The molecule has 1 atom stereocenters. The topological polar surface area (TPSA) is 12.5 Å². The Kier molecular flexibility index (Phi) is 3.07. The molecule has 12 heavy (non-hydrogen) atoms. The Morgan fingerprint density at radius 1 is 1.50 bits per heavy atom. The van der Waals surface area contributed by atoms with E-state index in [-0.39, 0.29) is 18.3 Å². The van der Waals surface area contributed by atoms with Gasteiger partial charge in [0.2, 0.25) is 0 Å². The molecule has 0 bridgehead atoms. The summed E-state index contributed by atoms with van der Waals surface area (Å²) < 4.78 is 17.5. The van der Waals surface area contributed by atoms with Crippen molar-refractivity contribution in [2.24, 2.45) is 0 Å². The maximum absolute atomic E-state index is 12.3. The van der Waals surface area contributed by atoms with E-state index in [1.807, 2.05) is 0 Å². The minimum Gasteiger partial charge on any atom is -0.373 e. The van der Waals surface area contributed by atoms with Crippen molar-refractivity contribution in [3.63, 3.8) is 0 Å². The van der Waals surface area contributed by atoms with Crippen LogP contribution in [0.5, 0.6) is 0 Å². The van der Waals surface area contributed by atoms with Crippen LogP contribution in [0.1, 0.15) is 20.8 Å². The Balaban J connectivity index is 2.46. The lowest BCUT2D eigenvalue weighted by atomic mass is 10.0. The molecule has 0 aromatic rings. The third kappa shape index (κ3) is 2.42. The lowest BCUT2D eigenvalue weighted by molar-refractivity contribution is -0.0656. The van der Waals surface area contributed by atoms with Crippen LogP contribution in [-0.2, 0) is 4.74 Å². The van der Waals surface area contributed by atoms with E-state index in [9.17, 15) is 4.39 Å². The fraction of sp³-hybridized carbons (Fsp3) is 1.00. The summed E-state index contributed by atoms with van der Waals surface area (Å²) in [6.45, 7) is 8.37. The van der Waals surface area contributed by atoms with E-state index in [2.05, 4.69) is 25.7 Å². The van der Waals surface area contributed by atoms with Crippen LogP contribution in [0.2, 0.25) is 0 Å². The van der Waals surface area contributed by atoms with E-state index < -0.39 is 0 Å². The summed E-state index contributed by atoms with van der Waals surface area (Å²) in [5, 5.41) is 0. The standard InChI is InChI=1S/C9H18FNO/c1-9(2,3)11-4-5-12-8(6-10)7-11/h8H,4-7H2,1-3H3/t8-/m0/s1. The summed E-state index contributed by atoms with van der Waals surface area (Å²) in [5.41, 5.74) is 0.136. The Morgan fingerprint density at radius 3 is 2.67 bits per heavy atom. The molecule has 0 amide bonds. The molecule has 3 heteroatoms. The van der Waals surface area contributed by atoms with Crippen molar-refractivity contribution in [1.29, 1.82) is 0 Å². The van der Waals surface area contributed by atoms with Crippen LogP contribution in [0, 0.1) is 0 Å². The molecule has 72 valence electrons. The molecule has 1 aliphatic rings. The van der Waals surface area contributed by atoms with Crippen molar-refractivity contribution in [3.05, 3.63) is 0 Å². The molecule has 2 nitrogen and oxygen atoms in total. The van der Waals surface area contributed by atoms with Crippen LogP contribution in [-0.4, -0.2) is 42.9 Å². The highest BCUT2D eigenvalue weighted by atomic mass is 19.1. The molecule has 0 unspecified atom stereocenters. The zero-order valence-electron chi connectivity index (χ0n) is 8.14. The minimum absolute atomic E-state index is 0.136. The summed E-state index contributed by atoms with van der Waals surface area (Å²) in [4.78, 5) is 2.26. The Morgan fingerprint density at radius 2 is 2.17 bits per heavy atom. The lowest BCUT2D eigenvalue weighted by Crippen LogP contribution is -2.51. The largest absolute Gasteiger partial charge is 0.373 e. The number of rotatable bonds is 1. The Bertz CT molecular complexity index is 144. The zero-order valence-corrected chi connectivity index (χ0v) is 8.14. The first-order valence-corrected chi connectivity index (χ1v) is 4.46. The van der Waals surface area contributed by atoms with Gasteiger partial charge in [-0.2, -0.15) is 0 Å². The number of hydrogen-bond donors (Lipinski definition) is 0. The van der Waals surface area contributed by atoms with Gasteiger partial charge in [0.15, 0.2) is 0 Å². The molecule has 1 fully saturated rings. The highest BCUT2D eigenvalue weighted by molar-refractivity contribution is 4.81. The van der Waals surface area contributed by atoms with Crippen molar-refractivity contribution >= 4 is 0 Å². The summed E-state index contributed by atoms with van der Waals surface area (Å²) in [6, 6.07) is 0. The third-order valence-electron chi connectivity index (χ3n) is 2.26. The van der Waals surface area contributed by atoms with Crippen LogP contribution >= 0.6 is 0 Å². The first-order valence-electron chi connectivity index (χ1n) is 4.46. The second kappa shape index (κ2) is 3.71. The maximum Gasteiger partial charge on any atom is 0.117 e. The van der Waals surface area contributed by atoms with E-state index in [1.165, 1.54) is 0 Å². The summed E-state index contributed by atoms with van der Waals surface area (Å²) in [5.74, 6) is 0. The number of morpholine rings is 1. The third-order valence-corrected chi connectivity index (χ3v) is 2.26. The molecule has 0 radical (unpaired) electrons. The van der Waals surface area contributed by atoms with E-state index in [4.69, 9.17) is 4.74 Å². The predicted molar refractivity (Wildman–Crippen MR) is 47.0 cm³/mol. The normalized spacial score (nSPS) is 27.5. The molecule has 1 saturated heterocycles. The van der Waals surface area contributed by atoms with Crippen LogP contribution in [0.4, 0.5) is 4.39 Å². The van der Waals surface area contributed by atoms with Crippen molar-refractivity contribution in [2.45, 2.75) is 32.4 Å². The predicted octanol–water partition coefficient (Wildman–Crippen LogP) is 1.46. The molecule has 0 N–H and O–H groups in total. The van der Waals surface area contributed by atoms with Gasteiger partial charge in [-0.15, -0.1) is 0 Å². The van der Waals surface area contributed by atoms with E-state index >= 15 is 0 Å². The smallest absolute Gasteiger partial charge is 0.117 e. The van der Waals surface area contributed by atoms with Gasteiger partial charge in [-0.3, -0.25) is 4.90 Å². The summed E-state index contributed by atoms with van der Waals surface area (Å²) >= 11 is 0. The molecule has 0 saturated carbocycles. The molecule has 1 heterocycles. The van der Waals surface area contributed by atoms with Gasteiger partial charge in [0.05, 0.1) is 12.7 Å². The van der Waals surface area contributed by atoms with Crippen molar-refractivity contribution < 1.29 is 9.13 Å². The fourth-order valence-corrected chi connectivity index (χ4v) is 1.42. The second-order valence-electron chi connectivity index (χ2n) is 4.26. The van der Waals surface area contributed by atoms with Crippen LogP contribution in [0.15, 0.2) is 0 Å². The average molecular weight is 175 g/mol. The minimum atomic E-state index is -0.368. The van der Waals surface area contributed by atoms with Crippen LogP contribution < -0.4 is 0 Å². The molecular weight excluding hydrogens is 157 g/mol. The SMILES string of the molecule is CC(C)(C)N1CCO[C@@H](CF)C1. The van der Waals surface area contributed by atoms with Crippen molar-refractivity contribution in [2.75, 3.05) is 26.4 Å². The average Bonchev–Trinajstić information content (AvgIpc) is 2.03. The molecule has 1 aliphatic heterocycles. The molecule has 1 rings (SSSR count). The van der Waals surface area contributed by atoms with Gasteiger partial charge < -0.3 is 4.74 Å². The molecule has 0 spiro atoms. The number of halogens is 1. The van der Waals surface area contributed by atoms with E-state index in [1.54, 1.807) is 0 Å². The first-order chi connectivity index (χ1) is 5.54. The molecule has 0 aromatic heterocycles. The lowest BCUT2D eigenvalue weighted by Gasteiger charge is -2.40. The zero-order chi connectivity index (χ0) is 9.19. The molecular formula is C9H18FNO. The van der Waals surface area contributed by atoms with Crippen molar-refractivity contribution in [1.82, 2.24) is 4.90 Å². The summed E-state index contributed by atoms with van der Waals surface area (Å²) in [6.07, 6.45) is -0.210. The van der Waals surface area contributed by atoms with Gasteiger partial charge in [0, 0.05) is 18.6 Å².